The highest BCUT2D eigenvalue weighted by molar-refractivity contribution is 9.10. The van der Waals surface area contributed by atoms with Gasteiger partial charge in [-0.15, -0.1) is 0 Å². The highest BCUT2D eigenvalue weighted by Gasteiger charge is 2.32. The summed E-state index contributed by atoms with van der Waals surface area (Å²) < 4.78 is 38.2. The lowest BCUT2D eigenvalue weighted by atomic mass is 10.0. The first-order chi connectivity index (χ1) is 10.1. The van der Waals surface area contributed by atoms with Gasteiger partial charge < -0.3 is 14.8 Å². The first-order valence-corrected chi connectivity index (χ1v) is 7.52. The summed E-state index contributed by atoms with van der Waals surface area (Å²) in [6.45, 7) is 2.62. The van der Waals surface area contributed by atoms with Gasteiger partial charge in [-0.1, -0.05) is 15.9 Å². The molecular weight excluding hydrogens is 346 g/mol. The Hall–Kier alpha value is -0.920. The van der Waals surface area contributed by atoms with E-state index in [1.807, 2.05) is 0 Å². The number of alkyl halides is 2. The molecule has 0 saturated carbocycles. The molecule has 1 saturated heterocycles. The lowest BCUT2D eigenvalue weighted by molar-refractivity contribution is 0.0177. The fourth-order valence-corrected chi connectivity index (χ4v) is 3.11. The summed E-state index contributed by atoms with van der Waals surface area (Å²) in [5.74, 6) is 0.970. The zero-order chi connectivity index (χ0) is 15.4. The molecule has 1 aromatic rings. The molecule has 2 rings (SSSR count). The fourth-order valence-electron chi connectivity index (χ4n) is 2.55. The van der Waals surface area contributed by atoms with Crippen LogP contribution in [0, 0.1) is 0 Å². The summed E-state index contributed by atoms with van der Waals surface area (Å²) in [4.78, 5) is 1.80. The van der Waals surface area contributed by atoms with E-state index in [0.29, 0.717) is 47.7 Å². The summed E-state index contributed by atoms with van der Waals surface area (Å²) >= 11 is 3.38. The van der Waals surface area contributed by atoms with Crippen molar-refractivity contribution in [3.8, 4) is 11.5 Å². The first kappa shape index (κ1) is 16.5. The van der Waals surface area contributed by atoms with E-state index in [2.05, 4.69) is 21.2 Å². The van der Waals surface area contributed by atoms with Gasteiger partial charge in [-0.25, -0.2) is 8.78 Å². The van der Waals surface area contributed by atoms with Gasteiger partial charge in [-0.05, 0) is 17.7 Å². The number of halogens is 3. The molecule has 0 aromatic heterocycles. The number of nitrogens with zero attached hydrogens (tertiary/aromatic N) is 1. The van der Waals surface area contributed by atoms with Gasteiger partial charge in [-0.3, -0.25) is 4.90 Å². The van der Waals surface area contributed by atoms with Crippen molar-refractivity contribution < 1.29 is 18.3 Å². The van der Waals surface area contributed by atoms with Crippen molar-refractivity contribution in [3.63, 3.8) is 0 Å². The largest absolute Gasteiger partial charge is 0.493 e. The van der Waals surface area contributed by atoms with Gasteiger partial charge in [0, 0.05) is 30.7 Å². The van der Waals surface area contributed by atoms with E-state index in [1.54, 1.807) is 17.0 Å². The number of methoxy groups -OCH3 is 2. The fraction of sp³-hybridized carbons (Fsp3) is 0.571. The molecule has 0 bridgehead atoms. The Morgan fingerprint density at radius 2 is 1.71 bits per heavy atom. The minimum absolute atomic E-state index is 0.455. The standard InChI is InChI=1S/C14H19BrF2N2O2/c1-20-11-7-9(10(15)8-12(11)21-2)13(14(16)17)19-5-3-18-4-6-19/h7-8,13-14,18H,3-6H2,1-2H3/t13-/m1/s1. The molecule has 1 aromatic carbocycles. The molecule has 0 unspecified atom stereocenters. The van der Waals surface area contributed by atoms with E-state index < -0.39 is 12.5 Å². The second kappa shape index (κ2) is 7.38. The van der Waals surface area contributed by atoms with Crippen LogP contribution in [0.15, 0.2) is 16.6 Å². The monoisotopic (exact) mass is 364 g/mol. The minimum atomic E-state index is -2.47. The average Bonchev–Trinajstić information content (AvgIpc) is 2.49. The van der Waals surface area contributed by atoms with E-state index in [-0.39, 0.29) is 0 Å². The van der Waals surface area contributed by atoms with Crippen molar-refractivity contribution in [1.29, 1.82) is 0 Å². The molecule has 1 N–H and O–H groups in total. The number of hydrogen-bond donors (Lipinski definition) is 1. The Morgan fingerprint density at radius 3 is 2.24 bits per heavy atom. The summed E-state index contributed by atoms with van der Waals surface area (Å²) in [6.07, 6.45) is -2.47. The van der Waals surface area contributed by atoms with Crippen LogP contribution in [0.3, 0.4) is 0 Å². The van der Waals surface area contributed by atoms with Crippen LogP contribution in [-0.2, 0) is 0 Å². The highest BCUT2D eigenvalue weighted by atomic mass is 79.9. The summed E-state index contributed by atoms with van der Waals surface area (Å²) in [6, 6.07) is 2.34. The van der Waals surface area contributed by atoms with Gasteiger partial charge in [0.1, 0.15) is 0 Å². The minimum Gasteiger partial charge on any atom is -0.493 e. The Balaban J connectivity index is 2.39. The van der Waals surface area contributed by atoms with Gasteiger partial charge in [-0.2, -0.15) is 0 Å². The molecule has 0 radical (unpaired) electrons. The highest BCUT2D eigenvalue weighted by Crippen LogP contribution is 2.39. The van der Waals surface area contributed by atoms with Crippen molar-refractivity contribution in [2.75, 3.05) is 40.4 Å². The van der Waals surface area contributed by atoms with Gasteiger partial charge >= 0.3 is 0 Å². The van der Waals surface area contributed by atoms with Crippen molar-refractivity contribution in [3.05, 3.63) is 22.2 Å². The Bertz CT molecular complexity index is 482. The van der Waals surface area contributed by atoms with E-state index in [1.165, 1.54) is 14.2 Å². The van der Waals surface area contributed by atoms with Crippen LogP contribution in [0.5, 0.6) is 11.5 Å². The predicted molar refractivity (Wildman–Crippen MR) is 80.4 cm³/mol. The molecule has 0 spiro atoms. The van der Waals surface area contributed by atoms with Crippen LogP contribution in [0.25, 0.3) is 0 Å². The van der Waals surface area contributed by atoms with Crippen LogP contribution < -0.4 is 14.8 Å². The number of benzene rings is 1. The zero-order valence-electron chi connectivity index (χ0n) is 12.0. The van der Waals surface area contributed by atoms with E-state index >= 15 is 0 Å². The maximum atomic E-state index is 13.6. The third kappa shape index (κ3) is 3.64. The van der Waals surface area contributed by atoms with E-state index in [4.69, 9.17) is 9.47 Å². The molecule has 0 aliphatic carbocycles. The van der Waals surface area contributed by atoms with Crippen LogP contribution in [0.4, 0.5) is 8.78 Å². The van der Waals surface area contributed by atoms with Crippen LogP contribution in [0.2, 0.25) is 0 Å². The molecule has 4 nitrogen and oxygen atoms in total. The Morgan fingerprint density at radius 1 is 1.14 bits per heavy atom. The van der Waals surface area contributed by atoms with Crippen molar-refractivity contribution >= 4 is 15.9 Å². The average molecular weight is 365 g/mol. The second-order valence-electron chi connectivity index (χ2n) is 4.79. The lowest BCUT2D eigenvalue weighted by Crippen LogP contribution is -2.47. The molecular formula is C14H19BrF2N2O2. The number of hydrogen-bond acceptors (Lipinski definition) is 4. The Labute approximate surface area is 131 Å². The SMILES string of the molecule is COc1cc(Br)c([C@H](C(F)F)N2CCNCC2)cc1OC. The van der Waals surface area contributed by atoms with Crippen molar-refractivity contribution in [2.24, 2.45) is 0 Å². The Kier molecular flexibility index (Phi) is 5.78. The summed E-state index contributed by atoms with van der Waals surface area (Å²) in [7, 11) is 3.02. The third-order valence-corrected chi connectivity index (χ3v) is 4.29. The normalized spacial score (nSPS) is 17.8. The topological polar surface area (TPSA) is 33.7 Å². The molecule has 7 heteroatoms. The zero-order valence-corrected chi connectivity index (χ0v) is 13.6. The third-order valence-electron chi connectivity index (χ3n) is 3.61. The van der Waals surface area contributed by atoms with Crippen LogP contribution >= 0.6 is 15.9 Å². The smallest absolute Gasteiger partial charge is 0.258 e. The maximum Gasteiger partial charge on any atom is 0.258 e. The molecule has 1 aliphatic rings. The molecule has 1 atom stereocenters. The van der Waals surface area contributed by atoms with Gasteiger partial charge in [0.05, 0.1) is 20.3 Å². The maximum absolute atomic E-state index is 13.6. The van der Waals surface area contributed by atoms with Crippen LogP contribution in [0.1, 0.15) is 11.6 Å². The number of piperazine rings is 1. The quantitative estimate of drug-likeness (QED) is 0.870. The van der Waals surface area contributed by atoms with Crippen LogP contribution in [-0.4, -0.2) is 51.7 Å². The molecule has 118 valence electrons. The van der Waals surface area contributed by atoms with Crippen molar-refractivity contribution in [1.82, 2.24) is 10.2 Å². The molecule has 0 amide bonds. The van der Waals surface area contributed by atoms with E-state index in [9.17, 15) is 8.78 Å². The predicted octanol–water partition coefficient (Wildman–Crippen LogP) is 2.68. The van der Waals surface area contributed by atoms with Gasteiger partial charge in [0.2, 0.25) is 0 Å². The van der Waals surface area contributed by atoms with Gasteiger partial charge in [0.15, 0.2) is 11.5 Å². The van der Waals surface area contributed by atoms with Crippen molar-refractivity contribution in [2.45, 2.75) is 12.5 Å². The molecule has 1 fully saturated rings. The molecule has 1 heterocycles. The molecule has 21 heavy (non-hydrogen) atoms. The number of nitrogens with one attached hydrogen (secondary N) is 1. The second-order valence-corrected chi connectivity index (χ2v) is 5.65. The lowest BCUT2D eigenvalue weighted by Gasteiger charge is -2.35. The number of rotatable bonds is 5. The molecule has 1 aliphatic heterocycles. The van der Waals surface area contributed by atoms with Gasteiger partial charge in [0.25, 0.3) is 6.43 Å². The first-order valence-electron chi connectivity index (χ1n) is 6.72. The summed E-state index contributed by atoms with van der Waals surface area (Å²) in [5.41, 5.74) is 0.518. The summed E-state index contributed by atoms with van der Waals surface area (Å²) in [5, 5.41) is 3.17. The number of ether oxygens (including phenoxy) is 2. The van der Waals surface area contributed by atoms with E-state index in [0.717, 1.165) is 0 Å².